The van der Waals surface area contributed by atoms with Crippen LogP contribution in [-0.4, -0.2) is 59.7 Å². The third-order valence-corrected chi connectivity index (χ3v) is 5.82. The molecule has 1 aliphatic rings. The first-order valence-corrected chi connectivity index (χ1v) is 11.1. The van der Waals surface area contributed by atoms with E-state index >= 15 is 0 Å². The summed E-state index contributed by atoms with van der Waals surface area (Å²) < 4.78 is 11.5. The Bertz CT molecular complexity index is 1180. The Morgan fingerprint density at radius 1 is 1.15 bits per heavy atom. The zero-order valence-corrected chi connectivity index (χ0v) is 21.9. The second-order valence-electron chi connectivity index (χ2n) is 7.97. The monoisotopic (exact) mass is 488 g/mol. The van der Waals surface area contributed by atoms with Gasteiger partial charge in [-0.3, -0.25) is 9.59 Å². The summed E-state index contributed by atoms with van der Waals surface area (Å²) in [6.45, 7) is 2.91. The van der Waals surface area contributed by atoms with Crippen molar-refractivity contribution in [2.45, 2.75) is 25.7 Å². The van der Waals surface area contributed by atoms with Crippen molar-refractivity contribution in [1.82, 2.24) is 5.32 Å². The number of aliphatic carboxylic acids is 1. The quantitative estimate of drug-likeness (QED) is 0.458. The molecule has 34 heavy (non-hydrogen) atoms. The third kappa shape index (κ3) is 6.33. The standard InChI is InChI=1S/C26H24ClNO5.Na/c1-16-3-2-4-17(13-16)9-11-28-25(29)18-5-7-19(8-6-18)33-24-15-23-21(14-22(24)27)20(26(30)31)10-12-32-23;/h2-8,13-15,20H,9-12H2,1H3,(H,28,29)(H,30,31);. The van der Waals surface area contributed by atoms with E-state index in [2.05, 4.69) is 11.4 Å². The molecule has 0 aromatic heterocycles. The van der Waals surface area contributed by atoms with E-state index in [0.717, 1.165) is 6.42 Å². The topological polar surface area (TPSA) is 84.9 Å². The maximum atomic E-state index is 12.4. The van der Waals surface area contributed by atoms with Crippen molar-refractivity contribution < 1.29 is 24.2 Å². The van der Waals surface area contributed by atoms with Crippen molar-refractivity contribution in [3.05, 3.63) is 87.9 Å². The number of aryl methyl sites for hydroxylation is 1. The molecular formula is C26H24ClNNaO5. The fourth-order valence-electron chi connectivity index (χ4n) is 3.82. The summed E-state index contributed by atoms with van der Waals surface area (Å²) in [6.07, 6.45) is 1.16. The van der Waals surface area contributed by atoms with E-state index in [-0.39, 0.29) is 35.5 Å². The van der Waals surface area contributed by atoms with Crippen molar-refractivity contribution in [1.29, 1.82) is 0 Å². The number of ether oxygens (including phenoxy) is 2. The number of carboxylic acid groups (broad SMARTS) is 1. The van der Waals surface area contributed by atoms with Crippen molar-refractivity contribution in [2.24, 2.45) is 0 Å². The van der Waals surface area contributed by atoms with Crippen LogP contribution in [0.2, 0.25) is 5.02 Å². The van der Waals surface area contributed by atoms with E-state index in [4.69, 9.17) is 21.1 Å². The summed E-state index contributed by atoms with van der Waals surface area (Å²) in [5.41, 5.74) is 3.45. The van der Waals surface area contributed by atoms with Crippen LogP contribution < -0.4 is 14.8 Å². The number of benzene rings is 3. The van der Waals surface area contributed by atoms with Gasteiger partial charge in [0.05, 0.1) is 17.5 Å². The van der Waals surface area contributed by atoms with Crippen LogP contribution in [0.1, 0.15) is 39.4 Å². The van der Waals surface area contributed by atoms with Crippen LogP contribution in [0.4, 0.5) is 0 Å². The van der Waals surface area contributed by atoms with Gasteiger partial charge < -0.3 is 19.9 Å². The number of hydrogen-bond acceptors (Lipinski definition) is 4. The van der Waals surface area contributed by atoms with E-state index in [0.29, 0.717) is 53.0 Å². The molecule has 3 aromatic rings. The predicted octanol–water partition coefficient (Wildman–Crippen LogP) is 4.98. The molecule has 171 valence electrons. The van der Waals surface area contributed by atoms with Gasteiger partial charge in [-0.25, -0.2) is 0 Å². The van der Waals surface area contributed by atoms with Crippen molar-refractivity contribution in [2.75, 3.05) is 13.2 Å². The second kappa shape index (κ2) is 11.8. The number of amides is 1. The molecule has 3 aromatic carbocycles. The Labute approximate surface area is 225 Å². The Kier molecular flexibility index (Phi) is 9.03. The van der Waals surface area contributed by atoms with E-state index < -0.39 is 11.9 Å². The number of fused-ring (bicyclic) bond motifs is 1. The average Bonchev–Trinajstić information content (AvgIpc) is 2.79. The zero-order chi connectivity index (χ0) is 23.4. The van der Waals surface area contributed by atoms with Gasteiger partial charge in [-0.1, -0.05) is 41.4 Å². The van der Waals surface area contributed by atoms with Gasteiger partial charge in [0.15, 0.2) is 0 Å². The minimum Gasteiger partial charge on any atom is -0.493 e. The molecular weight excluding hydrogens is 465 g/mol. The molecule has 6 nitrogen and oxygen atoms in total. The summed E-state index contributed by atoms with van der Waals surface area (Å²) in [5, 5.41) is 12.6. The van der Waals surface area contributed by atoms with E-state index in [1.165, 1.54) is 11.1 Å². The molecule has 1 atom stereocenters. The average molecular weight is 489 g/mol. The minimum absolute atomic E-state index is 0. The maximum Gasteiger partial charge on any atom is 0.311 e. The first-order valence-electron chi connectivity index (χ1n) is 10.7. The largest absolute Gasteiger partial charge is 0.493 e. The molecule has 1 aliphatic heterocycles. The third-order valence-electron chi connectivity index (χ3n) is 5.53. The number of carbonyl (C=O) groups is 2. The Hall–Kier alpha value is -2.51. The first-order chi connectivity index (χ1) is 15.9. The number of hydrogen-bond donors (Lipinski definition) is 2. The number of nitrogens with one attached hydrogen (secondary N) is 1. The van der Waals surface area contributed by atoms with E-state index in [1.807, 2.05) is 25.1 Å². The Balaban J connectivity index is 0.00000324. The fraction of sp³-hybridized carbons (Fsp3) is 0.231. The SMILES string of the molecule is Cc1cccc(CCNC(=O)c2ccc(Oc3cc4c(cc3Cl)C(C(=O)O)CCO4)cc2)c1.[Na]. The van der Waals surface area contributed by atoms with Crippen molar-refractivity contribution in [3.8, 4) is 17.2 Å². The van der Waals surface area contributed by atoms with Gasteiger partial charge in [0.1, 0.15) is 17.2 Å². The molecule has 2 N–H and O–H groups in total. The van der Waals surface area contributed by atoms with Crippen molar-refractivity contribution in [3.63, 3.8) is 0 Å². The van der Waals surface area contributed by atoms with Gasteiger partial charge in [0.2, 0.25) is 0 Å². The summed E-state index contributed by atoms with van der Waals surface area (Å²) in [6, 6.07) is 18.1. The molecule has 1 heterocycles. The van der Waals surface area contributed by atoms with Gasteiger partial charge in [-0.15, -0.1) is 0 Å². The van der Waals surface area contributed by atoms with Gasteiger partial charge in [-0.05, 0) is 55.7 Å². The molecule has 0 saturated heterocycles. The molecule has 0 aliphatic carbocycles. The molecule has 0 bridgehead atoms. The predicted molar refractivity (Wildman–Crippen MR) is 131 cm³/mol. The summed E-state index contributed by atoms with van der Waals surface area (Å²) in [4.78, 5) is 23.9. The smallest absolute Gasteiger partial charge is 0.311 e. The molecule has 1 unspecified atom stereocenters. The normalized spacial score (nSPS) is 14.2. The van der Waals surface area contributed by atoms with E-state index in [9.17, 15) is 14.7 Å². The minimum atomic E-state index is -0.906. The molecule has 4 rings (SSSR count). The molecule has 1 amide bonds. The van der Waals surface area contributed by atoms with Crippen LogP contribution in [0, 0.1) is 6.92 Å². The van der Waals surface area contributed by atoms with Crippen molar-refractivity contribution >= 4 is 53.0 Å². The molecule has 1 radical (unpaired) electrons. The molecule has 0 saturated carbocycles. The number of halogens is 1. The zero-order valence-electron chi connectivity index (χ0n) is 19.1. The Morgan fingerprint density at radius 2 is 1.91 bits per heavy atom. The number of rotatable bonds is 7. The number of carboxylic acids is 1. The Morgan fingerprint density at radius 3 is 2.62 bits per heavy atom. The van der Waals surface area contributed by atoms with Gasteiger partial charge in [0.25, 0.3) is 5.91 Å². The van der Waals surface area contributed by atoms with Gasteiger partial charge >= 0.3 is 5.97 Å². The fourth-order valence-corrected chi connectivity index (χ4v) is 4.03. The van der Waals surface area contributed by atoms with Crippen LogP contribution in [0.25, 0.3) is 0 Å². The molecule has 8 heteroatoms. The van der Waals surface area contributed by atoms with Crippen LogP contribution in [0.3, 0.4) is 0 Å². The second-order valence-corrected chi connectivity index (χ2v) is 8.38. The summed E-state index contributed by atoms with van der Waals surface area (Å²) in [7, 11) is 0. The van der Waals surface area contributed by atoms with E-state index in [1.54, 1.807) is 36.4 Å². The summed E-state index contributed by atoms with van der Waals surface area (Å²) >= 11 is 6.34. The maximum absolute atomic E-state index is 12.4. The summed E-state index contributed by atoms with van der Waals surface area (Å²) in [5.74, 6) is -0.400. The molecule has 0 fully saturated rings. The van der Waals surface area contributed by atoms with Crippen LogP contribution in [-0.2, 0) is 11.2 Å². The van der Waals surface area contributed by atoms with Crippen LogP contribution in [0.15, 0.2) is 60.7 Å². The van der Waals surface area contributed by atoms with Gasteiger partial charge in [0, 0.05) is 53.3 Å². The van der Waals surface area contributed by atoms with Crippen LogP contribution in [0.5, 0.6) is 17.2 Å². The number of carbonyl (C=O) groups excluding carboxylic acids is 1. The van der Waals surface area contributed by atoms with Gasteiger partial charge in [-0.2, -0.15) is 0 Å². The molecule has 0 spiro atoms. The first kappa shape index (κ1) is 26.1. The van der Waals surface area contributed by atoms with Crippen LogP contribution >= 0.6 is 11.6 Å².